The van der Waals surface area contributed by atoms with Crippen molar-refractivity contribution in [3.8, 4) is 5.75 Å². The molecule has 1 aliphatic carbocycles. The van der Waals surface area contributed by atoms with Crippen LogP contribution in [-0.4, -0.2) is 70.9 Å². The van der Waals surface area contributed by atoms with Crippen molar-refractivity contribution in [2.45, 2.75) is 68.6 Å². The molecule has 5 rings (SSSR count). The molecule has 2 atom stereocenters. The van der Waals surface area contributed by atoms with E-state index in [1.54, 1.807) is 0 Å². The lowest BCUT2D eigenvalue weighted by atomic mass is 9.93. The fourth-order valence-corrected chi connectivity index (χ4v) is 5.89. The second-order valence-corrected chi connectivity index (χ2v) is 11.7. The van der Waals surface area contributed by atoms with Crippen LogP contribution in [0.2, 0.25) is 5.02 Å². The summed E-state index contributed by atoms with van der Waals surface area (Å²) in [7, 11) is 0. The Bertz CT molecular complexity index is 1360. The smallest absolute Gasteiger partial charge is 0.417 e. The molecule has 2 heterocycles. The zero-order valence-corrected chi connectivity index (χ0v) is 23.2. The van der Waals surface area contributed by atoms with Gasteiger partial charge in [-0.05, 0) is 60.9 Å². The standard InChI is InChI=1S/C29H29ClF6N2O4/c30-22-9-16(1-4-21(22)29(34,35)36)13-37-7-5-28(33,6-8-37)15-42-25-12-23(32)20(11-19(25)17-2-3-17)26(39)38-14-18(31)10-24(38)27(40)41/h1,4,9,11-12,17-18,24H,2-3,5-8,10,13-15H2,(H,40,41)/t18-,24+/m1/s1. The number of benzene rings is 2. The maximum Gasteiger partial charge on any atom is 0.417 e. The van der Waals surface area contributed by atoms with Crippen molar-refractivity contribution < 1.29 is 45.8 Å². The number of hydrogen-bond donors (Lipinski definition) is 1. The van der Waals surface area contributed by atoms with Crippen molar-refractivity contribution in [3.63, 3.8) is 0 Å². The number of carboxylic acid groups (broad SMARTS) is 1. The predicted molar refractivity (Wildman–Crippen MR) is 141 cm³/mol. The summed E-state index contributed by atoms with van der Waals surface area (Å²) in [6.45, 7) is 0.109. The molecule has 0 aromatic heterocycles. The highest BCUT2D eigenvalue weighted by atomic mass is 35.5. The number of nitrogens with zero attached hydrogens (tertiary/aromatic N) is 2. The van der Waals surface area contributed by atoms with Crippen LogP contribution in [-0.2, 0) is 17.5 Å². The van der Waals surface area contributed by atoms with E-state index in [1.807, 2.05) is 4.90 Å². The normalized spacial score (nSPS) is 22.8. The first-order valence-corrected chi connectivity index (χ1v) is 14.0. The fraction of sp³-hybridized carbons (Fsp3) is 0.517. The van der Waals surface area contributed by atoms with E-state index in [-0.39, 0.29) is 43.1 Å². The number of rotatable bonds is 8. The summed E-state index contributed by atoms with van der Waals surface area (Å²) < 4.78 is 89.4. The van der Waals surface area contributed by atoms with Crippen molar-refractivity contribution >= 4 is 23.5 Å². The third-order valence-corrected chi connectivity index (χ3v) is 8.44. The van der Waals surface area contributed by atoms with Gasteiger partial charge < -0.3 is 14.7 Å². The van der Waals surface area contributed by atoms with Gasteiger partial charge in [0.2, 0.25) is 0 Å². The van der Waals surface area contributed by atoms with E-state index in [1.165, 1.54) is 18.2 Å². The minimum atomic E-state index is -4.55. The van der Waals surface area contributed by atoms with Gasteiger partial charge in [-0.1, -0.05) is 17.7 Å². The molecule has 3 fully saturated rings. The van der Waals surface area contributed by atoms with E-state index in [4.69, 9.17) is 16.3 Å². The number of carboxylic acids is 1. The number of carbonyl (C=O) groups is 2. The predicted octanol–water partition coefficient (Wildman–Crippen LogP) is 6.40. The van der Waals surface area contributed by atoms with Crippen molar-refractivity contribution in [2.75, 3.05) is 26.2 Å². The maximum absolute atomic E-state index is 15.7. The molecule has 0 spiro atoms. The van der Waals surface area contributed by atoms with Gasteiger partial charge in [0.1, 0.15) is 36.1 Å². The molecular weight excluding hydrogens is 590 g/mol. The van der Waals surface area contributed by atoms with Crippen LogP contribution in [0.25, 0.3) is 0 Å². The molecule has 2 saturated heterocycles. The van der Waals surface area contributed by atoms with Crippen LogP contribution in [0.5, 0.6) is 5.75 Å². The molecule has 228 valence electrons. The van der Waals surface area contributed by atoms with Crippen LogP contribution in [0, 0.1) is 5.82 Å². The largest absolute Gasteiger partial charge is 0.490 e. The molecule has 3 aliphatic rings. The van der Waals surface area contributed by atoms with E-state index in [0.29, 0.717) is 30.8 Å². The zero-order valence-electron chi connectivity index (χ0n) is 22.4. The number of carbonyl (C=O) groups excluding carboxylic acids is 1. The van der Waals surface area contributed by atoms with Gasteiger partial charge in [0.05, 0.1) is 22.7 Å². The van der Waals surface area contributed by atoms with Gasteiger partial charge in [-0.2, -0.15) is 13.2 Å². The number of piperidine rings is 1. The molecule has 1 saturated carbocycles. The van der Waals surface area contributed by atoms with Crippen LogP contribution < -0.4 is 4.74 Å². The van der Waals surface area contributed by atoms with Gasteiger partial charge in [0.15, 0.2) is 0 Å². The maximum atomic E-state index is 15.7. The summed E-state index contributed by atoms with van der Waals surface area (Å²) in [6, 6.07) is 4.45. The molecule has 42 heavy (non-hydrogen) atoms. The lowest BCUT2D eigenvalue weighted by Gasteiger charge is -2.36. The van der Waals surface area contributed by atoms with Gasteiger partial charge in [-0.15, -0.1) is 0 Å². The summed E-state index contributed by atoms with van der Waals surface area (Å²) in [5.41, 5.74) is -1.94. The number of amides is 1. The monoisotopic (exact) mass is 618 g/mol. The van der Waals surface area contributed by atoms with E-state index in [2.05, 4.69) is 0 Å². The highest BCUT2D eigenvalue weighted by molar-refractivity contribution is 6.31. The van der Waals surface area contributed by atoms with Gasteiger partial charge in [0, 0.05) is 32.1 Å². The summed E-state index contributed by atoms with van der Waals surface area (Å²) in [6.07, 6.45) is -4.77. The van der Waals surface area contributed by atoms with Gasteiger partial charge in [-0.25, -0.2) is 18.0 Å². The van der Waals surface area contributed by atoms with Crippen molar-refractivity contribution in [1.29, 1.82) is 0 Å². The van der Waals surface area contributed by atoms with Gasteiger partial charge in [-0.3, -0.25) is 9.69 Å². The number of halogens is 7. The third kappa shape index (κ3) is 6.64. The molecule has 2 aromatic carbocycles. The quantitative estimate of drug-likeness (QED) is 0.347. The Morgan fingerprint density at radius 3 is 2.40 bits per heavy atom. The molecular formula is C29H29ClF6N2O4. The van der Waals surface area contributed by atoms with Crippen LogP contribution in [0.4, 0.5) is 26.3 Å². The minimum absolute atomic E-state index is 0.0251. The number of ether oxygens (including phenoxy) is 1. The molecule has 1 N–H and O–H groups in total. The molecule has 0 radical (unpaired) electrons. The van der Waals surface area contributed by atoms with E-state index in [0.717, 1.165) is 29.9 Å². The first-order valence-electron chi connectivity index (χ1n) is 13.6. The molecule has 1 amide bonds. The zero-order chi connectivity index (χ0) is 30.4. The molecule has 0 bridgehead atoms. The van der Waals surface area contributed by atoms with E-state index in [9.17, 15) is 32.3 Å². The van der Waals surface area contributed by atoms with Crippen molar-refractivity contribution in [2.24, 2.45) is 0 Å². The average molecular weight is 619 g/mol. The Morgan fingerprint density at radius 2 is 1.81 bits per heavy atom. The molecule has 2 aromatic rings. The second-order valence-electron chi connectivity index (χ2n) is 11.3. The van der Waals surface area contributed by atoms with Gasteiger partial charge in [0.25, 0.3) is 5.91 Å². The topological polar surface area (TPSA) is 70.1 Å². The lowest BCUT2D eigenvalue weighted by molar-refractivity contribution is -0.141. The van der Waals surface area contributed by atoms with Gasteiger partial charge >= 0.3 is 12.1 Å². The Kier molecular flexibility index (Phi) is 8.41. The number of hydrogen-bond acceptors (Lipinski definition) is 4. The highest BCUT2D eigenvalue weighted by Gasteiger charge is 2.42. The first kappa shape index (κ1) is 30.5. The van der Waals surface area contributed by atoms with Crippen LogP contribution in [0.1, 0.15) is 65.1 Å². The number of alkyl halides is 5. The van der Waals surface area contributed by atoms with Crippen molar-refractivity contribution in [1.82, 2.24) is 9.80 Å². The number of likely N-dealkylation sites (tertiary alicyclic amines) is 2. The summed E-state index contributed by atoms with van der Waals surface area (Å²) in [4.78, 5) is 27.2. The first-order chi connectivity index (χ1) is 19.7. The lowest BCUT2D eigenvalue weighted by Crippen LogP contribution is -2.44. The minimum Gasteiger partial charge on any atom is -0.490 e. The highest BCUT2D eigenvalue weighted by Crippen LogP contribution is 2.46. The van der Waals surface area contributed by atoms with Crippen LogP contribution in [0.3, 0.4) is 0 Å². The molecule has 2 aliphatic heterocycles. The molecule has 6 nitrogen and oxygen atoms in total. The Labute approximate surface area is 243 Å². The van der Waals surface area contributed by atoms with E-state index < -0.39 is 58.9 Å². The number of aliphatic carboxylic acids is 1. The molecule has 13 heteroatoms. The van der Waals surface area contributed by atoms with Crippen LogP contribution in [0.15, 0.2) is 30.3 Å². The fourth-order valence-electron chi connectivity index (χ4n) is 5.58. The van der Waals surface area contributed by atoms with E-state index >= 15 is 8.78 Å². The summed E-state index contributed by atoms with van der Waals surface area (Å²) in [5.74, 6) is -3.18. The summed E-state index contributed by atoms with van der Waals surface area (Å²) in [5, 5.41) is 8.97. The van der Waals surface area contributed by atoms with Crippen molar-refractivity contribution in [3.05, 3.63) is 63.4 Å². The Morgan fingerprint density at radius 1 is 1.12 bits per heavy atom. The SMILES string of the molecule is O=C(O)[C@@H]1C[C@@H](F)CN1C(=O)c1cc(C2CC2)c(OCC2(F)CCN(Cc3ccc(C(F)(F)F)c(Cl)c3)CC2)cc1F. The third-order valence-electron chi connectivity index (χ3n) is 8.13. The Balaban J connectivity index is 1.22. The average Bonchev–Trinajstić information content (AvgIpc) is 3.68. The molecule has 0 unspecified atom stereocenters. The van der Waals surface area contributed by atoms with Crippen LogP contribution >= 0.6 is 11.6 Å². The Hall–Kier alpha value is -2.99. The second kappa shape index (κ2) is 11.6. The summed E-state index contributed by atoms with van der Waals surface area (Å²) >= 11 is 5.81.